The predicted molar refractivity (Wildman–Crippen MR) is 99.0 cm³/mol. The van der Waals surface area contributed by atoms with Gasteiger partial charge in [0.25, 0.3) is 5.91 Å². The van der Waals surface area contributed by atoms with Crippen molar-refractivity contribution in [2.75, 3.05) is 19.9 Å². The zero-order chi connectivity index (χ0) is 20.2. The van der Waals surface area contributed by atoms with Gasteiger partial charge in [0, 0.05) is 13.3 Å². The monoisotopic (exact) mass is 412 g/mol. The molecule has 0 atom stereocenters. The van der Waals surface area contributed by atoms with E-state index in [0.717, 1.165) is 31.6 Å². The fraction of sp³-hybridized carbons (Fsp3) is 0.500. The number of sulfone groups is 1. The summed E-state index contributed by atoms with van der Waals surface area (Å²) in [5.41, 5.74) is -1.02. The van der Waals surface area contributed by atoms with Gasteiger partial charge in [-0.3, -0.25) is 4.79 Å². The van der Waals surface area contributed by atoms with Crippen LogP contribution in [0.15, 0.2) is 23.1 Å². The molecule has 0 heterocycles. The van der Waals surface area contributed by atoms with E-state index in [1.807, 2.05) is 0 Å². The summed E-state index contributed by atoms with van der Waals surface area (Å²) in [6.45, 7) is -0.557. The van der Waals surface area contributed by atoms with E-state index < -0.39 is 33.9 Å². The van der Waals surface area contributed by atoms with Crippen molar-refractivity contribution < 1.29 is 22.7 Å². The summed E-state index contributed by atoms with van der Waals surface area (Å²) in [4.78, 5) is 25.9. The van der Waals surface area contributed by atoms with Crippen LogP contribution in [-0.2, 0) is 19.4 Å². The van der Waals surface area contributed by atoms with Gasteiger partial charge < -0.3 is 9.64 Å². The summed E-state index contributed by atoms with van der Waals surface area (Å²) >= 11 is 5.95. The Kier molecular flexibility index (Phi) is 6.50. The van der Waals surface area contributed by atoms with Gasteiger partial charge in [-0.05, 0) is 31.0 Å². The molecule has 1 aromatic carbocycles. The predicted octanol–water partition coefficient (Wildman–Crippen LogP) is 2.59. The number of carbonyl (C=O) groups excluding carboxylic acids is 2. The zero-order valence-corrected chi connectivity index (χ0v) is 16.8. The minimum atomic E-state index is -3.52. The van der Waals surface area contributed by atoms with Crippen molar-refractivity contribution in [2.45, 2.75) is 42.5 Å². The fourth-order valence-electron chi connectivity index (χ4n) is 3.09. The number of benzene rings is 1. The zero-order valence-electron chi connectivity index (χ0n) is 15.2. The number of hydrogen-bond donors (Lipinski definition) is 0. The first-order chi connectivity index (χ1) is 12.6. The highest BCUT2D eigenvalue weighted by atomic mass is 35.5. The van der Waals surface area contributed by atoms with E-state index in [1.165, 1.54) is 24.1 Å². The summed E-state index contributed by atoms with van der Waals surface area (Å²) in [5.74, 6) is -1.40. The van der Waals surface area contributed by atoms with E-state index in [1.54, 1.807) is 0 Å². The van der Waals surface area contributed by atoms with Crippen LogP contribution in [-0.4, -0.2) is 50.6 Å². The van der Waals surface area contributed by atoms with Gasteiger partial charge in [-0.25, -0.2) is 13.2 Å². The molecule has 1 aliphatic carbocycles. The Hall–Kier alpha value is -2.11. The summed E-state index contributed by atoms with van der Waals surface area (Å²) in [7, 11) is -1.99. The standard InChI is InChI=1S/C18H21ClN2O5S/c1-21(18(12-20)8-4-3-5-9-18)16(22)11-26-17(23)14-10-13(27(2,24)25)6-7-15(14)19/h6-7,10H,3-5,8-9,11H2,1-2H3. The fourth-order valence-corrected chi connectivity index (χ4v) is 3.93. The maximum Gasteiger partial charge on any atom is 0.340 e. The molecular weight excluding hydrogens is 392 g/mol. The molecule has 27 heavy (non-hydrogen) atoms. The lowest BCUT2D eigenvalue weighted by atomic mass is 9.81. The number of nitriles is 1. The van der Waals surface area contributed by atoms with E-state index in [-0.39, 0.29) is 15.5 Å². The van der Waals surface area contributed by atoms with Crippen molar-refractivity contribution in [3.05, 3.63) is 28.8 Å². The summed E-state index contributed by atoms with van der Waals surface area (Å²) in [6.07, 6.45) is 4.92. The van der Waals surface area contributed by atoms with Crippen LogP contribution in [0.2, 0.25) is 5.02 Å². The molecule has 0 unspecified atom stereocenters. The van der Waals surface area contributed by atoms with Crippen LogP contribution < -0.4 is 0 Å². The normalized spacial score (nSPS) is 16.2. The lowest BCUT2D eigenvalue weighted by Gasteiger charge is -2.38. The Balaban J connectivity index is 2.09. The Morgan fingerprint density at radius 3 is 2.48 bits per heavy atom. The number of rotatable bonds is 5. The molecule has 0 aromatic heterocycles. The smallest absolute Gasteiger partial charge is 0.340 e. The summed E-state index contributed by atoms with van der Waals surface area (Å²) in [5, 5.41) is 9.56. The van der Waals surface area contributed by atoms with E-state index in [4.69, 9.17) is 16.3 Å². The van der Waals surface area contributed by atoms with Gasteiger partial charge >= 0.3 is 5.97 Å². The molecule has 7 nitrogen and oxygen atoms in total. The van der Waals surface area contributed by atoms with Crippen molar-refractivity contribution in [3.63, 3.8) is 0 Å². The molecule has 1 fully saturated rings. The van der Waals surface area contributed by atoms with Crippen molar-refractivity contribution in [1.29, 1.82) is 5.26 Å². The van der Waals surface area contributed by atoms with Crippen LogP contribution in [0.5, 0.6) is 0 Å². The second-order valence-electron chi connectivity index (χ2n) is 6.65. The molecule has 2 rings (SSSR count). The quantitative estimate of drug-likeness (QED) is 0.688. The topological polar surface area (TPSA) is 105 Å². The van der Waals surface area contributed by atoms with Gasteiger partial charge in [-0.15, -0.1) is 0 Å². The van der Waals surface area contributed by atoms with E-state index >= 15 is 0 Å². The van der Waals surface area contributed by atoms with Crippen LogP contribution in [0.3, 0.4) is 0 Å². The SMILES string of the molecule is CN(C(=O)COC(=O)c1cc(S(C)(=O)=O)ccc1Cl)C1(C#N)CCCCC1. The van der Waals surface area contributed by atoms with E-state index in [2.05, 4.69) is 6.07 Å². The first-order valence-electron chi connectivity index (χ1n) is 8.45. The van der Waals surface area contributed by atoms with E-state index in [9.17, 15) is 23.3 Å². The van der Waals surface area contributed by atoms with Crippen LogP contribution >= 0.6 is 11.6 Å². The second-order valence-corrected chi connectivity index (χ2v) is 9.07. The first kappa shape index (κ1) is 21.2. The Bertz CT molecular complexity index is 886. The van der Waals surface area contributed by atoms with Crippen LogP contribution in [0.25, 0.3) is 0 Å². The van der Waals surface area contributed by atoms with Crippen molar-refractivity contribution in [3.8, 4) is 6.07 Å². The minimum absolute atomic E-state index is 0.0222. The molecule has 0 spiro atoms. The van der Waals surface area contributed by atoms with Gasteiger partial charge in [0.05, 0.1) is 21.6 Å². The Morgan fingerprint density at radius 1 is 1.30 bits per heavy atom. The summed E-state index contributed by atoms with van der Waals surface area (Å²) in [6, 6.07) is 5.92. The third kappa shape index (κ3) is 4.79. The minimum Gasteiger partial charge on any atom is -0.452 e. The molecule has 0 bridgehead atoms. The molecule has 0 radical (unpaired) electrons. The number of hydrogen-bond acceptors (Lipinski definition) is 6. The van der Waals surface area contributed by atoms with Gasteiger partial charge in [-0.1, -0.05) is 30.9 Å². The molecule has 9 heteroatoms. The maximum atomic E-state index is 12.4. The molecule has 0 saturated heterocycles. The number of amides is 1. The molecule has 1 amide bonds. The molecule has 1 aromatic rings. The highest BCUT2D eigenvalue weighted by Crippen LogP contribution is 2.32. The van der Waals surface area contributed by atoms with Gasteiger partial charge in [0.15, 0.2) is 16.4 Å². The number of ether oxygens (including phenoxy) is 1. The number of nitrogens with zero attached hydrogens (tertiary/aromatic N) is 2. The average molecular weight is 413 g/mol. The first-order valence-corrected chi connectivity index (χ1v) is 10.7. The molecule has 0 aliphatic heterocycles. The van der Waals surface area contributed by atoms with E-state index in [0.29, 0.717) is 12.8 Å². The number of carbonyl (C=O) groups is 2. The number of halogens is 1. The van der Waals surface area contributed by atoms with Crippen LogP contribution in [0, 0.1) is 11.3 Å². The third-order valence-electron chi connectivity index (χ3n) is 4.82. The highest BCUT2D eigenvalue weighted by molar-refractivity contribution is 7.90. The van der Waals surface area contributed by atoms with Crippen molar-refractivity contribution in [2.24, 2.45) is 0 Å². The average Bonchev–Trinajstić information content (AvgIpc) is 2.65. The third-order valence-corrected chi connectivity index (χ3v) is 6.26. The van der Waals surface area contributed by atoms with Crippen molar-refractivity contribution >= 4 is 33.3 Å². The van der Waals surface area contributed by atoms with Gasteiger partial charge in [0.2, 0.25) is 0 Å². The van der Waals surface area contributed by atoms with Gasteiger partial charge in [-0.2, -0.15) is 5.26 Å². The molecule has 1 saturated carbocycles. The lowest BCUT2D eigenvalue weighted by molar-refractivity contribution is -0.138. The molecule has 0 N–H and O–H groups in total. The largest absolute Gasteiger partial charge is 0.452 e. The molecular formula is C18H21ClN2O5S. The van der Waals surface area contributed by atoms with Crippen molar-refractivity contribution in [1.82, 2.24) is 4.90 Å². The lowest BCUT2D eigenvalue weighted by Crippen LogP contribution is -2.51. The highest BCUT2D eigenvalue weighted by Gasteiger charge is 2.39. The number of likely N-dealkylation sites (N-methyl/N-ethyl adjacent to an activating group) is 1. The van der Waals surface area contributed by atoms with Crippen LogP contribution in [0.1, 0.15) is 42.5 Å². The second kappa shape index (κ2) is 8.28. The van der Waals surface area contributed by atoms with Crippen LogP contribution in [0.4, 0.5) is 0 Å². The molecule has 146 valence electrons. The molecule has 1 aliphatic rings. The number of esters is 1. The summed E-state index contributed by atoms with van der Waals surface area (Å²) < 4.78 is 28.3. The maximum absolute atomic E-state index is 12.4. The Morgan fingerprint density at radius 2 is 1.93 bits per heavy atom. The Labute approximate surface area is 163 Å². The van der Waals surface area contributed by atoms with Gasteiger partial charge in [0.1, 0.15) is 5.54 Å².